The number of carboxylic acid groups (broad SMARTS) is 1. The Bertz CT molecular complexity index is 1020. The van der Waals surface area contributed by atoms with Gasteiger partial charge in [-0.05, 0) is 42.9 Å². The zero-order chi connectivity index (χ0) is 28.6. The number of rotatable bonds is 6. The van der Waals surface area contributed by atoms with Crippen molar-refractivity contribution < 1.29 is 32.5 Å². The number of carbonyl (C=O) groups excluding carboxylic acids is 1. The summed E-state index contributed by atoms with van der Waals surface area (Å²) in [6.45, 7) is 2.30. The molecule has 1 aromatic rings. The van der Waals surface area contributed by atoms with Crippen molar-refractivity contribution in [3.05, 3.63) is 35.9 Å². The fourth-order valence-corrected chi connectivity index (χ4v) is 1.70. The standard InChI is InChI=1S/C19H27NO3/c1-13(2)15-8-10-16(11-9-15)18(21)20-17(19(22)23)12-14-6-4-3-5-7-14/h3-7,13,15-17H,8-12H2,1-2H3,(H,20,21)(H,22,23)/t15-,16-,17?/i8D2,9D2,10D2,11D2,12D2,15D,16D,17D. The maximum atomic E-state index is 13.4. The van der Waals surface area contributed by atoms with Gasteiger partial charge >= 0.3 is 5.97 Å². The van der Waals surface area contributed by atoms with Gasteiger partial charge < -0.3 is 10.4 Å². The number of hydrogen-bond acceptors (Lipinski definition) is 2. The van der Waals surface area contributed by atoms with Crippen LogP contribution in [-0.4, -0.2) is 23.0 Å². The molecular weight excluding hydrogens is 290 g/mol. The Morgan fingerprint density at radius 2 is 1.96 bits per heavy atom. The third kappa shape index (κ3) is 5.08. The van der Waals surface area contributed by atoms with Gasteiger partial charge in [-0.2, -0.15) is 0 Å². The smallest absolute Gasteiger partial charge is 0.326 e. The van der Waals surface area contributed by atoms with E-state index in [2.05, 4.69) is 0 Å². The number of carboxylic acids is 1. The lowest BCUT2D eigenvalue weighted by Gasteiger charge is -2.30. The minimum atomic E-state index is -4.11. The maximum absolute atomic E-state index is 13.4. The largest absolute Gasteiger partial charge is 0.480 e. The Balaban J connectivity index is 2.81. The van der Waals surface area contributed by atoms with Crippen molar-refractivity contribution in [2.75, 3.05) is 0 Å². The molecule has 1 unspecified atom stereocenters. The lowest BCUT2D eigenvalue weighted by atomic mass is 9.76. The van der Waals surface area contributed by atoms with Crippen molar-refractivity contribution in [1.82, 2.24) is 5.32 Å². The highest BCUT2D eigenvalue weighted by Gasteiger charge is 2.30. The average molecular weight is 331 g/mol. The summed E-state index contributed by atoms with van der Waals surface area (Å²) in [5, 5.41) is 11.1. The van der Waals surface area contributed by atoms with Crippen LogP contribution in [0.25, 0.3) is 0 Å². The van der Waals surface area contributed by atoms with Gasteiger partial charge in [0.25, 0.3) is 0 Å². The second-order valence-corrected chi connectivity index (χ2v) is 5.07. The van der Waals surface area contributed by atoms with Gasteiger partial charge in [-0.1, -0.05) is 44.2 Å². The van der Waals surface area contributed by atoms with Crippen LogP contribution >= 0.6 is 0 Å². The summed E-state index contributed by atoms with van der Waals surface area (Å²) >= 11 is 0. The second kappa shape index (κ2) is 8.14. The molecule has 0 saturated heterocycles. The molecule has 2 rings (SSSR count). The van der Waals surface area contributed by atoms with Crippen molar-refractivity contribution in [2.24, 2.45) is 17.7 Å². The van der Waals surface area contributed by atoms with Crippen LogP contribution in [0.1, 0.15) is 62.7 Å². The van der Waals surface area contributed by atoms with E-state index in [9.17, 15) is 14.7 Å². The number of aliphatic carboxylic acids is 1. The Hall–Kier alpha value is -1.84. The predicted octanol–water partition coefficient (Wildman–Crippen LogP) is 3.26. The van der Waals surface area contributed by atoms with E-state index in [1.165, 1.54) is 23.5 Å². The molecule has 4 heteroatoms. The molecule has 0 radical (unpaired) electrons. The zero-order valence-corrected chi connectivity index (χ0v) is 12.7. The SMILES string of the molecule is [2H]C(NC(=O)[C@]1([2H])C([2H])([2H])C([2H])([2H])[C@@]([2H])(C(C)C)C([2H])([2H])C1([2H])[2H])(C(=O)O)C([2H])([2H])c1ccccc1. The Morgan fingerprint density at radius 3 is 2.48 bits per heavy atom. The van der Waals surface area contributed by atoms with Crippen molar-refractivity contribution >= 4 is 11.9 Å². The summed E-state index contributed by atoms with van der Waals surface area (Å²) in [5.74, 6) is -13.2. The molecule has 1 aliphatic carbocycles. The first-order valence-electron chi connectivity index (χ1n) is 13.5. The summed E-state index contributed by atoms with van der Waals surface area (Å²) in [7, 11) is 0. The molecule has 0 aromatic heterocycles. The molecule has 0 bridgehead atoms. The first-order chi connectivity index (χ1) is 15.9. The van der Waals surface area contributed by atoms with Crippen molar-refractivity contribution in [3.8, 4) is 0 Å². The molecular formula is C19H27NO3. The zero-order valence-electron chi connectivity index (χ0n) is 25.7. The van der Waals surface area contributed by atoms with Gasteiger partial charge in [-0.15, -0.1) is 0 Å². The van der Waals surface area contributed by atoms with Gasteiger partial charge in [0.15, 0.2) is 0 Å². The fraction of sp³-hybridized carbons (Fsp3) is 0.579. The topological polar surface area (TPSA) is 66.4 Å². The predicted molar refractivity (Wildman–Crippen MR) is 90.0 cm³/mol. The monoisotopic (exact) mass is 330 g/mol. The second-order valence-electron chi connectivity index (χ2n) is 5.07. The quantitative estimate of drug-likeness (QED) is 0.841. The molecule has 0 aliphatic heterocycles. The Labute approximate surface area is 156 Å². The van der Waals surface area contributed by atoms with E-state index in [1.807, 2.05) is 0 Å². The van der Waals surface area contributed by atoms with Gasteiger partial charge in [0, 0.05) is 28.7 Å². The molecule has 4 nitrogen and oxygen atoms in total. The number of nitrogens with one attached hydrogen (secondary N) is 1. The molecule has 23 heavy (non-hydrogen) atoms. The van der Waals surface area contributed by atoms with Crippen LogP contribution in [0.4, 0.5) is 0 Å². The van der Waals surface area contributed by atoms with Gasteiger partial charge in [0.2, 0.25) is 5.91 Å². The van der Waals surface area contributed by atoms with E-state index in [4.69, 9.17) is 17.8 Å². The van der Waals surface area contributed by atoms with Crippen LogP contribution in [0.5, 0.6) is 0 Å². The third-order valence-electron chi connectivity index (χ3n) is 2.94. The highest BCUT2D eigenvalue weighted by Crippen LogP contribution is 2.33. The van der Waals surface area contributed by atoms with E-state index in [-0.39, 0.29) is 0 Å². The molecule has 0 spiro atoms. The number of hydrogen-bond donors (Lipinski definition) is 2. The Kier molecular flexibility index (Phi) is 2.46. The highest BCUT2D eigenvalue weighted by atomic mass is 16.4. The van der Waals surface area contributed by atoms with Crippen LogP contribution in [0.2, 0.25) is 0 Å². The van der Waals surface area contributed by atoms with Crippen LogP contribution < -0.4 is 5.32 Å². The maximum Gasteiger partial charge on any atom is 0.326 e. The summed E-state index contributed by atoms with van der Waals surface area (Å²) < 4.78 is 109. The molecule has 1 aromatic carbocycles. The summed E-state index contributed by atoms with van der Waals surface area (Å²) in [6, 6.07) is 2.60. The van der Waals surface area contributed by atoms with Crippen LogP contribution in [0, 0.1) is 17.7 Å². The Morgan fingerprint density at radius 1 is 1.35 bits per heavy atom. The van der Waals surface area contributed by atoms with E-state index in [0.29, 0.717) is 0 Å². The van der Waals surface area contributed by atoms with Crippen molar-refractivity contribution in [3.63, 3.8) is 0 Å². The van der Waals surface area contributed by atoms with Gasteiger partial charge in [-0.3, -0.25) is 4.79 Å². The molecule has 1 atom stereocenters. The van der Waals surface area contributed by atoms with Gasteiger partial charge in [0.05, 0.1) is 1.37 Å². The summed E-state index contributed by atoms with van der Waals surface area (Å²) in [6.07, 6.45) is -18.6. The lowest BCUT2D eigenvalue weighted by Crippen LogP contribution is -2.45. The minimum absolute atomic E-state index is 0.410. The molecule has 1 aliphatic rings. The molecule has 1 amide bonds. The lowest BCUT2D eigenvalue weighted by molar-refractivity contribution is -0.142. The molecule has 1 saturated carbocycles. The molecule has 1 fully saturated rings. The normalized spacial score (nSPS) is 48.0. The molecule has 2 N–H and O–H groups in total. The van der Waals surface area contributed by atoms with Crippen LogP contribution in [0.3, 0.4) is 0 Å². The fourth-order valence-electron chi connectivity index (χ4n) is 1.70. The van der Waals surface area contributed by atoms with Gasteiger partial charge in [0.1, 0.15) is 6.02 Å². The van der Waals surface area contributed by atoms with E-state index < -0.39 is 73.0 Å². The molecule has 0 heterocycles. The van der Waals surface area contributed by atoms with Gasteiger partial charge in [-0.25, -0.2) is 4.79 Å². The number of carbonyl (C=O) groups is 2. The van der Waals surface area contributed by atoms with Crippen molar-refractivity contribution in [2.45, 2.75) is 51.7 Å². The number of amides is 1. The number of benzene rings is 1. The summed E-state index contributed by atoms with van der Waals surface area (Å²) in [4.78, 5) is 25.4. The van der Waals surface area contributed by atoms with Crippen molar-refractivity contribution in [1.29, 1.82) is 0 Å². The van der Waals surface area contributed by atoms with E-state index >= 15 is 0 Å². The average Bonchev–Trinajstić information content (AvgIpc) is 2.76. The third-order valence-corrected chi connectivity index (χ3v) is 2.94. The highest BCUT2D eigenvalue weighted by molar-refractivity contribution is 5.85. The first kappa shape index (κ1) is 6.96. The van der Waals surface area contributed by atoms with Crippen LogP contribution in [0.15, 0.2) is 30.3 Å². The summed E-state index contributed by atoms with van der Waals surface area (Å²) in [5.41, 5.74) is -0.410. The van der Waals surface area contributed by atoms with E-state index in [1.54, 1.807) is 0 Å². The molecule has 126 valence electrons. The van der Waals surface area contributed by atoms with E-state index in [0.717, 1.165) is 26.0 Å². The van der Waals surface area contributed by atoms with Crippen LogP contribution in [-0.2, 0) is 16.0 Å². The minimum Gasteiger partial charge on any atom is -0.480 e. The first-order valence-corrected chi connectivity index (χ1v) is 6.99.